The van der Waals surface area contributed by atoms with Crippen LogP contribution in [0.3, 0.4) is 0 Å². The van der Waals surface area contributed by atoms with Crippen LogP contribution in [0.4, 0.5) is 0 Å². The van der Waals surface area contributed by atoms with Crippen molar-refractivity contribution >= 4 is 11.6 Å². The summed E-state index contributed by atoms with van der Waals surface area (Å²) in [5.41, 5.74) is 0. The standard InChI is InChI=1S/C17H35ClO3/c1-5-9-10-11-12-13-14-16(15-18)17(19-6-2,20-7-3)21-8-4/h16H,5-15H2,1-4H3. The highest BCUT2D eigenvalue weighted by Crippen LogP contribution is 2.31. The van der Waals surface area contributed by atoms with Gasteiger partial charge in [0.1, 0.15) is 0 Å². The maximum absolute atomic E-state index is 6.18. The van der Waals surface area contributed by atoms with Crippen LogP contribution < -0.4 is 0 Å². The Kier molecular flexibility index (Phi) is 13.9. The monoisotopic (exact) mass is 322 g/mol. The van der Waals surface area contributed by atoms with Crippen molar-refractivity contribution in [3.63, 3.8) is 0 Å². The van der Waals surface area contributed by atoms with Gasteiger partial charge in [0.2, 0.25) is 0 Å². The minimum absolute atomic E-state index is 0.0743. The molecule has 0 aliphatic rings. The van der Waals surface area contributed by atoms with Crippen LogP contribution in [0.2, 0.25) is 0 Å². The van der Waals surface area contributed by atoms with Crippen LogP contribution in [0.1, 0.15) is 72.6 Å². The van der Waals surface area contributed by atoms with Gasteiger partial charge in [-0.15, -0.1) is 11.6 Å². The third-order valence-corrected chi connectivity index (χ3v) is 4.00. The van der Waals surface area contributed by atoms with E-state index in [2.05, 4.69) is 6.92 Å². The highest BCUT2D eigenvalue weighted by Gasteiger charge is 2.41. The Hall–Kier alpha value is 0.170. The van der Waals surface area contributed by atoms with Gasteiger partial charge in [0.25, 0.3) is 5.97 Å². The number of hydrogen-bond acceptors (Lipinski definition) is 3. The summed E-state index contributed by atoms with van der Waals surface area (Å²) in [5, 5.41) is 0. The fraction of sp³-hybridized carbons (Fsp3) is 1.00. The summed E-state index contributed by atoms with van der Waals surface area (Å²) in [6, 6.07) is 0. The number of halogens is 1. The fourth-order valence-corrected chi connectivity index (χ4v) is 2.94. The molecule has 0 heterocycles. The Balaban J connectivity index is 4.43. The second-order valence-corrected chi connectivity index (χ2v) is 5.62. The van der Waals surface area contributed by atoms with E-state index in [0.717, 1.165) is 12.8 Å². The lowest BCUT2D eigenvalue weighted by Crippen LogP contribution is -2.47. The Labute approximate surface area is 136 Å². The summed E-state index contributed by atoms with van der Waals surface area (Å²) < 4.78 is 17.5. The predicted octanol–water partition coefficient (Wildman–Crippen LogP) is 5.36. The third-order valence-electron chi connectivity index (χ3n) is 3.63. The first kappa shape index (κ1) is 21.2. The molecule has 128 valence electrons. The van der Waals surface area contributed by atoms with Crippen molar-refractivity contribution in [3.8, 4) is 0 Å². The number of hydrogen-bond donors (Lipinski definition) is 0. The summed E-state index contributed by atoms with van der Waals surface area (Å²) >= 11 is 6.18. The molecular formula is C17H35ClO3. The zero-order chi connectivity index (χ0) is 16.0. The number of ether oxygens (including phenoxy) is 3. The summed E-state index contributed by atoms with van der Waals surface area (Å²) in [6.45, 7) is 9.80. The lowest BCUT2D eigenvalue weighted by Gasteiger charge is -2.38. The molecule has 0 fully saturated rings. The quantitative estimate of drug-likeness (QED) is 0.231. The second-order valence-electron chi connectivity index (χ2n) is 5.31. The van der Waals surface area contributed by atoms with E-state index in [-0.39, 0.29) is 5.92 Å². The Bertz CT molecular complexity index is 207. The molecule has 0 saturated heterocycles. The average Bonchev–Trinajstić information content (AvgIpc) is 2.47. The summed E-state index contributed by atoms with van der Waals surface area (Å²) in [6.07, 6.45) is 8.62. The van der Waals surface area contributed by atoms with E-state index >= 15 is 0 Å². The van der Waals surface area contributed by atoms with Gasteiger partial charge in [-0.1, -0.05) is 45.4 Å². The molecule has 0 aromatic heterocycles. The summed E-state index contributed by atoms with van der Waals surface area (Å²) in [7, 11) is 0. The maximum atomic E-state index is 6.18. The molecular weight excluding hydrogens is 288 g/mol. The molecule has 0 amide bonds. The average molecular weight is 323 g/mol. The number of alkyl halides is 1. The van der Waals surface area contributed by atoms with Gasteiger partial charge in [0.05, 0.1) is 5.92 Å². The van der Waals surface area contributed by atoms with E-state index in [9.17, 15) is 0 Å². The van der Waals surface area contributed by atoms with Crippen molar-refractivity contribution in [2.45, 2.75) is 78.6 Å². The van der Waals surface area contributed by atoms with E-state index in [1.807, 2.05) is 20.8 Å². The van der Waals surface area contributed by atoms with Crippen LogP contribution in [0.25, 0.3) is 0 Å². The minimum Gasteiger partial charge on any atom is -0.328 e. The SMILES string of the molecule is CCCCCCCCC(CCl)C(OCC)(OCC)OCC. The van der Waals surface area contributed by atoms with Gasteiger partial charge in [0, 0.05) is 25.7 Å². The van der Waals surface area contributed by atoms with Gasteiger partial charge in [0.15, 0.2) is 0 Å². The van der Waals surface area contributed by atoms with Crippen LogP contribution >= 0.6 is 11.6 Å². The van der Waals surface area contributed by atoms with Crippen LogP contribution in [-0.2, 0) is 14.2 Å². The highest BCUT2D eigenvalue weighted by molar-refractivity contribution is 6.18. The summed E-state index contributed by atoms with van der Waals surface area (Å²) in [5.74, 6) is -0.400. The van der Waals surface area contributed by atoms with E-state index in [1.54, 1.807) is 0 Å². The van der Waals surface area contributed by atoms with Crippen molar-refractivity contribution < 1.29 is 14.2 Å². The number of unbranched alkanes of at least 4 members (excludes halogenated alkanes) is 5. The molecule has 0 radical (unpaired) electrons. The first-order valence-corrected chi connectivity index (χ1v) is 9.21. The van der Waals surface area contributed by atoms with E-state index in [0.29, 0.717) is 25.7 Å². The zero-order valence-corrected chi connectivity index (χ0v) is 15.2. The second kappa shape index (κ2) is 13.8. The van der Waals surface area contributed by atoms with E-state index < -0.39 is 5.97 Å². The number of rotatable bonds is 15. The van der Waals surface area contributed by atoms with Crippen LogP contribution in [-0.4, -0.2) is 31.7 Å². The van der Waals surface area contributed by atoms with Crippen LogP contribution in [0, 0.1) is 5.92 Å². The van der Waals surface area contributed by atoms with Crippen LogP contribution in [0.15, 0.2) is 0 Å². The molecule has 0 spiro atoms. The van der Waals surface area contributed by atoms with Gasteiger partial charge >= 0.3 is 0 Å². The summed E-state index contributed by atoms with van der Waals surface area (Å²) in [4.78, 5) is 0. The van der Waals surface area contributed by atoms with E-state index in [1.165, 1.54) is 32.1 Å². The van der Waals surface area contributed by atoms with Gasteiger partial charge in [-0.05, 0) is 27.2 Å². The molecule has 0 aliphatic heterocycles. The van der Waals surface area contributed by atoms with Gasteiger partial charge in [-0.2, -0.15) is 0 Å². The third kappa shape index (κ3) is 8.39. The molecule has 1 unspecified atom stereocenters. The Morgan fingerprint density at radius 3 is 1.67 bits per heavy atom. The van der Waals surface area contributed by atoms with Gasteiger partial charge < -0.3 is 14.2 Å². The van der Waals surface area contributed by atoms with Gasteiger partial charge in [-0.25, -0.2) is 0 Å². The molecule has 21 heavy (non-hydrogen) atoms. The fourth-order valence-electron chi connectivity index (χ4n) is 2.60. The van der Waals surface area contributed by atoms with Crippen molar-refractivity contribution in [2.75, 3.05) is 25.7 Å². The molecule has 0 bridgehead atoms. The Morgan fingerprint density at radius 2 is 1.24 bits per heavy atom. The topological polar surface area (TPSA) is 27.7 Å². The molecule has 4 heteroatoms. The van der Waals surface area contributed by atoms with Crippen molar-refractivity contribution in [3.05, 3.63) is 0 Å². The first-order chi connectivity index (χ1) is 10.2. The van der Waals surface area contributed by atoms with Crippen molar-refractivity contribution in [2.24, 2.45) is 5.92 Å². The molecule has 0 aliphatic carbocycles. The Morgan fingerprint density at radius 1 is 0.762 bits per heavy atom. The van der Waals surface area contributed by atoms with Crippen LogP contribution in [0.5, 0.6) is 0 Å². The lowest BCUT2D eigenvalue weighted by atomic mass is 9.99. The smallest absolute Gasteiger partial charge is 0.287 e. The molecule has 0 aromatic rings. The molecule has 0 saturated carbocycles. The largest absolute Gasteiger partial charge is 0.328 e. The molecule has 1 atom stereocenters. The maximum Gasteiger partial charge on any atom is 0.287 e. The minimum atomic E-state index is -0.969. The van der Waals surface area contributed by atoms with Gasteiger partial charge in [-0.3, -0.25) is 0 Å². The molecule has 3 nitrogen and oxygen atoms in total. The first-order valence-electron chi connectivity index (χ1n) is 8.68. The predicted molar refractivity (Wildman–Crippen MR) is 89.8 cm³/mol. The normalized spacial score (nSPS) is 13.6. The van der Waals surface area contributed by atoms with Crippen molar-refractivity contribution in [1.82, 2.24) is 0 Å². The van der Waals surface area contributed by atoms with E-state index in [4.69, 9.17) is 25.8 Å². The molecule has 0 aromatic carbocycles. The van der Waals surface area contributed by atoms with Crippen molar-refractivity contribution in [1.29, 1.82) is 0 Å². The zero-order valence-electron chi connectivity index (χ0n) is 14.5. The molecule has 0 N–H and O–H groups in total. The highest BCUT2D eigenvalue weighted by atomic mass is 35.5. The lowest BCUT2D eigenvalue weighted by molar-refractivity contribution is -0.399. The molecule has 0 rings (SSSR count).